The molecular weight excluding hydrogens is 72.1 g/mol. The molecule has 0 N–H and O–H groups in total. The Morgan fingerprint density at radius 3 is 2.50 bits per heavy atom. The van der Waals surface area contributed by atoms with Crippen LogP contribution in [0, 0.1) is 18.8 Å². The molecule has 0 atom stereocenters. The monoisotopic (exact) mass is 79.1 g/mol. The van der Waals surface area contributed by atoms with Crippen LogP contribution in [0.2, 0.25) is 0 Å². The molecular formula is C6H7. The van der Waals surface area contributed by atoms with Gasteiger partial charge in [0, 0.05) is 0 Å². The van der Waals surface area contributed by atoms with Crippen molar-refractivity contribution >= 4 is 0 Å². The van der Waals surface area contributed by atoms with Crippen LogP contribution in [0.1, 0.15) is 6.92 Å². The van der Waals surface area contributed by atoms with Gasteiger partial charge in [-0.3, -0.25) is 0 Å². The Bertz CT molecular complexity index is 82.7. The second kappa shape index (κ2) is 2.53. The maximum atomic E-state index is 4.86. The maximum Gasteiger partial charge on any atom is 0.0579 e. The molecule has 0 aliphatic carbocycles. The number of terminal acetylenes is 1. The van der Waals surface area contributed by atoms with E-state index in [9.17, 15) is 0 Å². The van der Waals surface area contributed by atoms with Crippen LogP contribution >= 0.6 is 0 Å². The molecule has 0 fully saturated rings. The highest BCUT2D eigenvalue weighted by Crippen LogP contribution is 1.87. The van der Waals surface area contributed by atoms with E-state index in [4.69, 9.17) is 6.42 Å². The van der Waals surface area contributed by atoms with Gasteiger partial charge in [-0.25, -0.2) is 0 Å². The maximum absolute atomic E-state index is 4.86. The Balaban J connectivity index is 3.13. The van der Waals surface area contributed by atoms with Gasteiger partial charge in [-0.1, -0.05) is 18.1 Å². The Kier molecular flexibility index (Phi) is 2.24. The summed E-state index contributed by atoms with van der Waals surface area (Å²) in [6.07, 6.45) is 6.49. The number of hydrogen-bond donors (Lipinski definition) is 0. The van der Waals surface area contributed by atoms with Gasteiger partial charge < -0.3 is 0 Å². The predicted octanol–water partition coefficient (Wildman–Crippen LogP) is 1.40. The third-order valence-corrected chi connectivity index (χ3v) is 0.330. The normalized spacial score (nSPS) is 6.67. The number of rotatable bonds is 1. The molecule has 0 heterocycles. The third kappa shape index (κ3) is 3.30. The van der Waals surface area contributed by atoms with Gasteiger partial charge in [0.05, 0.1) is 6.42 Å². The lowest BCUT2D eigenvalue weighted by atomic mass is 10.3. The van der Waals surface area contributed by atoms with Crippen LogP contribution in [0.15, 0.2) is 12.2 Å². The van der Waals surface area contributed by atoms with Crippen LogP contribution in [-0.4, -0.2) is 0 Å². The van der Waals surface area contributed by atoms with E-state index in [0.717, 1.165) is 5.57 Å². The zero-order chi connectivity index (χ0) is 4.99. The summed E-state index contributed by atoms with van der Waals surface area (Å²) in [4.78, 5) is 0. The molecule has 0 amide bonds. The molecule has 0 spiro atoms. The number of allylic oxidation sites excluding steroid dienone is 1. The standard InChI is InChI=1S/C6H7/c1-4-5-6(2)3/h1,5H,2H2,3H3. The van der Waals surface area contributed by atoms with E-state index in [1.807, 2.05) is 6.92 Å². The van der Waals surface area contributed by atoms with E-state index in [2.05, 4.69) is 12.5 Å². The molecule has 0 aliphatic heterocycles. The fourth-order valence-corrected chi connectivity index (χ4v) is 0.142. The minimum Gasteiger partial charge on any atom is -0.119 e. The van der Waals surface area contributed by atoms with Gasteiger partial charge in [-0.05, 0) is 6.92 Å². The molecule has 0 rings (SSSR count). The predicted molar refractivity (Wildman–Crippen MR) is 27.9 cm³/mol. The van der Waals surface area contributed by atoms with Crippen LogP contribution in [0.3, 0.4) is 0 Å². The highest BCUT2D eigenvalue weighted by Gasteiger charge is 1.73. The molecule has 0 aromatic carbocycles. The lowest BCUT2D eigenvalue weighted by Gasteiger charge is -1.79. The van der Waals surface area contributed by atoms with E-state index in [0.29, 0.717) is 0 Å². The molecule has 1 radical (unpaired) electrons. The molecule has 6 heavy (non-hydrogen) atoms. The van der Waals surface area contributed by atoms with Gasteiger partial charge in [0.1, 0.15) is 0 Å². The molecule has 0 unspecified atom stereocenters. The largest absolute Gasteiger partial charge is 0.119 e. The van der Waals surface area contributed by atoms with Crippen molar-refractivity contribution < 1.29 is 0 Å². The molecule has 0 heteroatoms. The third-order valence-electron chi connectivity index (χ3n) is 0.330. The Hall–Kier alpha value is -0.700. The summed E-state index contributed by atoms with van der Waals surface area (Å²) in [5.74, 6) is 2.34. The van der Waals surface area contributed by atoms with Crippen LogP contribution in [0.25, 0.3) is 0 Å². The Morgan fingerprint density at radius 1 is 2.00 bits per heavy atom. The molecule has 0 aromatic rings. The van der Waals surface area contributed by atoms with Crippen LogP contribution < -0.4 is 0 Å². The first-order valence-electron chi connectivity index (χ1n) is 1.72. The summed E-state index contributed by atoms with van der Waals surface area (Å²) >= 11 is 0. The average molecular weight is 79.1 g/mol. The van der Waals surface area contributed by atoms with Crippen molar-refractivity contribution in [2.75, 3.05) is 0 Å². The van der Waals surface area contributed by atoms with Gasteiger partial charge in [0.25, 0.3) is 0 Å². The van der Waals surface area contributed by atoms with Crippen LogP contribution in [0.5, 0.6) is 0 Å². The average Bonchev–Trinajstić information content (AvgIpc) is 1.35. The smallest absolute Gasteiger partial charge is 0.0579 e. The topological polar surface area (TPSA) is 0 Å². The second-order valence-corrected chi connectivity index (χ2v) is 1.16. The summed E-state index contributed by atoms with van der Waals surface area (Å²) in [6, 6.07) is 0. The van der Waals surface area contributed by atoms with Crippen molar-refractivity contribution in [3.8, 4) is 12.3 Å². The summed E-state index contributed by atoms with van der Waals surface area (Å²) in [5, 5.41) is 0. The molecule has 0 aromatic heterocycles. The van der Waals surface area contributed by atoms with Gasteiger partial charge in [-0.15, -0.1) is 6.42 Å². The van der Waals surface area contributed by atoms with Crippen molar-refractivity contribution in [1.29, 1.82) is 0 Å². The minimum absolute atomic E-state index is 0.928. The Labute approximate surface area is 38.9 Å². The zero-order valence-corrected chi connectivity index (χ0v) is 3.86. The molecule has 0 nitrogen and oxygen atoms in total. The van der Waals surface area contributed by atoms with Crippen LogP contribution in [0.4, 0.5) is 0 Å². The first-order valence-corrected chi connectivity index (χ1v) is 1.72. The highest BCUT2D eigenvalue weighted by atomic mass is 13.8. The quantitative estimate of drug-likeness (QED) is 0.417. The van der Waals surface area contributed by atoms with E-state index in [1.54, 1.807) is 6.42 Å². The first-order chi connectivity index (χ1) is 2.77. The van der Waals surface area contributed by atoms with Crippen molar-refractivity contribution in [1.82, 2.24) is 0 Å². The second-order valence-electron chi connectivity index (χ2n) is 1.16. The Morgan fingerprint density at radius 2 is 2.50 bits per heavy atom. The SMILES string of the molecule is C#C[CH]C(=C)C. The summed E-state index contributed by atoms with van der Waals surface area (Å²) < 4.78 is 0. The first kappa shape index (κ1) is 5.30. The lowest BCUT2D eigenvalue weighted by Crippen LogP contribution is -1.65. The van der Waals surface area contributed by atoms with E-state index >= 15 is 0 Å². The summed E-state index contributed by atoms with van der Waals surface area (Å²) in [7, 11) is 0. The summed E-state index contributed by atoms with van der Waals surface area (Å²) in [6.45, 7) is 5.41. The van der Waals surface area contributed by atoms with Gasteiger partial charge in [0.2, 0.25) is 0 Å². The molecule has 0 saturated carbocycles. The van der Waals surface area contributed by atoms with E-state index < -0.39 is 0 Å². The molecule has 0 bridgehead atoms. The highest BCUT2D eigenvalue weighted by molar-refractivity contribution is 5.19. The van der Waals surface area contributed by atoms with Crippen molar-refractivity contribution in [3.63, 3.8) is 0 Å². The van der Waals surface area contributed by atoms with Crippen LogP contribution in [-0.2, 0) is 0 Å². The fourth-order valence-electron chi connectivity index (χ4n) is 0.142. The zero-order valence-electron chi connectivity index (χ0n) is 3.86. The lowest BCUT2D eigenvalue weighted by molar-refractivity contribution is 1.50. The van der Waals surface area contributed by atoms with Crippen molar-refractivity contribution in [2.45, 2.75) is 6.92 Å². The van der Waals surface area contributed by atoms with Gasteiger partial charge >= 0.3 is 0 Å². The van der Waals surface area contributed by atoms with E-state index in [-0.39, 0.29) is 0 Å². The van der Waals surface area contributed by atoms with Crippen molar-refractivity contribution in [3.05, 3.63) is 18.6 Å². The van der Waals surface area contributed by atoms with E-state index in [1.165, 1.54) is 0 Å². The summed E-state index contributed by atoms with van der Waals surface area (Å²) in [5.41, 5.74) is 0.928. The minimum atomic E-state index is 0.928. The van der Waals surface area contributed by atoms with Gasteiger partial charge in [-0.2, -0.15) is 0 Å². The fraction of sp³-hybridized carbons (Fsp3) is 0.167. The molecule has 0 saturated heterocycles. The van der Waals surface area contributed by atoms with Crippen molar-refractivity contribution in [2.24, 2.45) is 0 Å². The molecule has 0 aliphatic rings. The number of hydrogen-bond acceptors (Lipinski definition) is 0. The molecule has 31 valence electrons. The van der Waals surface area contributed by atoms with Gasteiger partial charge in [0.15, 0.2) is 0 Å².